The molecule has 5 nitrogen and oxygen atoms in total. The van der Waals surface area contributed by atoms with Gasteiger partial charge in [-0.25, -0.2) is 0 Å². The molecule has 0 atom stereocenters. The molecule has 0 aliphatic heterocycles. The highest BCUT2D eigenvalue weighted by Crippen LogP contribution is 2.19. The van der Waals surface area contributed by atoms with Gasteiger partial charge in [0.15, 0.2) is 0 Å². The predicted molar refractivity (Wildman–Crippen MR) is 48.3 cm³/mol. The molecule has 1 rings (SSSR count). The number of rotatable bonds is 2. The molecule has 0 spiro atoms. The molecule has 6 heteroatoms. The predicted octanol–water partition coefficient (Wildman–Crippen LogP) is -0.287. The summed E-state index contributed by atoms with van der Waals surface area (Å²) in [5.74, 6) is 0.00519. The number of halogens is 1. The normalized spacial score (nSPS) is 9.62. The lowest BCUT2D eigenvalue weighted by Gasteiger charge is -1.95. The minimum absolute atomic E-state index is 0.00519. The van der Waals surface area contributed by atoms with E-state index in [-0.39, 0.29) is 16.5 Å². The minimum Gasteiger partial charge on any atom is -0.287 e. The molecule has 0 bridgehead atoms. The summed E-state index contributed by atoms with van der Waals surface area (Å²) in [6, 6.07) is 3.96. The Kier molecular flexibility index (Phi) is 2.48. The van der Waals surface area contributed by atoms with Gasteiger partial charge in [-0.05, 0) is 6.07 Å². The molecule has 68 valence electrons. The van der Waals surface area contributed by atoms with Crippen molar-refractivity contribution in [1.29, 1.82) is 0 Å². The molecule has 4 N–H and O–H groups in total. The molecule has 0 aliphatic rings. The van der Waals surface area contributed by atoms with E-state index in [1.54, 1.807) is 0 Å². The van der Waals surface area contributed by atoms with E-state index in [1.165, 1.54) is 18.2 Å². The second-order valence-corrected chi connectivity index (χ2v) is 2.85. The van der Waals surface area contributed by atoms with Crippen LogP contribution in [0.5, 0.6) is 0 Å². The van der Waals surface area contributed by atoms with Crippen LogP contribution in [0.25, 0.3) is 0 Å². The minimum atomic E-state index is -0.557. The topological polar surface area (TPSA) is 94.8 Å². The maximum Gasteiger partial charge on any atom is 0.271 e. The van der Waals surface area contributed by atoms with Crippen molar-refractivity contribution in [2.75, 3.05) is 0 Å². The van der Waals surface area contributed by atoms with E-state index in [0.717, 1.165) is 0 Å². The fourth-order valence-electron chi connectivity index (χ4n) is 0.846. The molecule has 1 aromatic carbocycles. The second kappa shape index (κ2) is 3.40. The number of hydrogen-bond acceptors (Lipinski definition) is 2. The van der Waals surface area contributed by atoms with E-state index in [4.69, 9.17) is 22.7 Å². The third-order valence-electron chi connectivity index (χ3n) is 1.43. The molecule has 0 aliphatic carbocycles. The first-order valence-corrected chi connectivity index (χ1v) is 3.72. The fourth-order valence-corrected chi connectivity index (χ4v) is 1.08. The number of nitrogens with zero attached hydrogens (tertiary/aromatic N) is 1. The Hall–Kier alpha value is -1.62. The van der Waals surface area contributed by atoms with E-state index in [1.807, 2.05) is 0 Å². The molecule has 1 aromatic rings. The maximum atomic E-state index is 10.4. The van der Waals surface area contributed by atoms with Gasteiger partial charge >= 0.3 is 0 Å². The molecule has 0 fully saturated rings. The van der Waals surface area contributed by atoms with Gasteiger partial charge in [0.25, 0.3) is 11.5 Å². The van der Waals surface area contributed by atoms with Crippen LogP contribution in [0, 0.1) is 10.1 Å². The monoisotopic (exact) mass is 200 g/mol. The zero-order valence-electron chi connectivity index (χ0n) is 6.53. The Balaban J connectivity index is 3.26. The second-order valence-electron chi connectivity index (χ2n) is 2.41. The zero-order chi connectivity index (χ0) is 10.0. The smallest absolute Gasteiger partial charge is 0.271 e. The Morgan fingerprint density at radius 2 is 2.15 bits per heavy atom. The van der Waals surface area contributed by atoms with E-state index in [0.29, 0.717) is 5.56 Å². The molecule has 0 unspecified atom stereocenters. The lowest BCUT2D eigenvalue weighted by molar-refractivity contribution is -0.384. The first-order chi connectivity index (χ1) is 6.00. The number of amidine groups is 1. The highest BCUT2D eigenvalue weighted by atomic mass is 35.5. The van der Waals surface area contributed by atoms with Gasteiger partial charge < -0.3 is 0 Å². The summed E-state index contributed by atoms with van der Waals surface area (Å²) in [7, 11) is 0. The molecular formula is C7H7ClN3O2+. The molecule has 0 radical (unpaired) electrons. The average molecular weight is 201 g/mol. The zero-order valence-corrected chi connectivity index (χ0v) is 7.28. The SMILES string of the molecule is NC(=[NH2+])c1cc(Cl)cc([N+](=O)[O-])c1. The number of nitro benzene ring substituents is 1. The van der Waals surface area contributed by atoms with E-state index in [9.17, 15) is 10.1 Å². The van der Waals surface area contributed by atoms with Crippen LogP contribution in [0.1, 0.15) is 5.56 Å². The van der Waals surface area contributed by atoms with Gasteiger partial charge in [-0.1, -0.05) is 11.6 Å². The number of benzene rings is 1. The van der Waals surface area contributed by atoms with Gasteiger partial charge in [0, 0.05) is 17.2 Å². The van der Waals surface area contributed by atoms with Gasteiger partial charge in [0.05, 0.1) is 10.5 Å². The standard InChI is InChI=1S/C7H6ClN3O2/c8-5-1-4(7(9)10)2-6(3-5)11(12)13/h1-3H,(H3,9,10)/p+1. The van der Waals surface area contributed by atoms with Crippen LogP contribution < -0.4 is 11.1 Å². The first-order valence-electron chi connectivity index (χ1n) is 3.34. The quantitative estimate of drug-likeness (QED) is 0.297. The largest absolute Gasteiger partial charge is 0.287 e. The Labute approximate surface area is 78.8 Å². The molecule has 0 saturated carbocycles. The summed E-state index contributed by atoms with van der Waals surface area (Å²) in [6.45, 7) is 0. The highest BCUT2D eigenvalue weighted by molar-refractivity contribution is 6.31. The summed E-state index contributed by atoms with van der Waals surface area (Å²) in [5, 5.41) is 15.9. The Morgan fingerprint density at radius 3 is 2.62 bits per heavy atom. The van der Waals surface area contributed by atoms with Crippen LogP contribution in [0.2, 0.25) is 5.02 Å². The lowest BCUT2D eigenvalue weighted by atomic mass is 10.2. The summed E-state index contributed by atoms with van der Waals surface area (Å²) >= 11 is 5.61. The number of hydrogen-bond donors (Lipinski definition) is 2. The van der Waals surface area contributed by atoms with Gasteiger partial charge in [0.1, 0.15) is 0 Å². The van der Waals surface area contributed by atoms with Crippen molar-refractivity contribution < 1.29 is 10.3 Å². The third kappa shape index (κ3) is 2.16. The summed E-state index contributed by atoms with van der Waals surface area (Å²) in [4.78, 5) is 9.83. The molecule has 0 aromatic heterocycles. The van der Waals surface area contributed by atoms with Gasteiger partial charge in [-0.15, -0.1) is 0 Å². The van der Waals surface area contributed by atoms with Crippen molar-refractivity contribution in [3.05, 3.63) is 38.9 Å². The number of nitrogens with two attached hydrogens (primary N) is 2. The third-order valence-corrected chi connectivity index (χ3v) is 1.64. The summed E-state index contributed by atoms with van der Waals surface area (Å²) < 4.78 is 0. The van der Waals surface area contributed by atoms with Crippen molar-refractivity contribution in [1.82, 2.24) is 0 Å². The highest BCUT2D eigenvalue weighted by Gasteiger charge is 2.12. The number of non-ortho nitro benzene ring substituents is 1. The van der Waals surface area contributed by atoms with E-state index >= 15 is 0 Å². The van der Waals surface area contributed by atoms with Crippen molar-refractivity contribution >= 4 is 23.1 Å². The van der Waals surface area contributed by atoms with Crippen LogP contribution in [-0.2, 0) is 0 Å². The van der Waals surface area contributed by atoms with Crippen LogP contribution in [-0.4, -0.2) is 10.8 Å². The van der Waals surface area contributed by atoms with E-state index < -0.39 is 4.92 Å². The van der Waals surface area contributed by atoms with Crippen LogP contribution in [0.15, 0.2) is 18.2 Å². The molecule has 0 amide bonds. The van der Waals surface area contributed by atoms with E-state index in [2.05, 4.69) is 0 Å². The summed E-state index contributed by atoms with van der Waals surface area (Å²) in [6.07, 6.45) is 0. The lowest BCUT2D eigenvalue weighted by Crippen LogP contribution is -2.46. The first kappa shape index (κ1) is 9.47. The Bertz CT molecular complexity index is 346. The van der Waals surface area contributed by atoms with Gasteiger partial charge in [-0.3, -0.25) is 21.3 Å². The molecule has 13 heavy (non-hydrogen) atoms. The van der Waals surface area contributed by atoms with Crippen LogP contribution >= 0.6 is 11.6 Å². The van der Waals surface area contributed by atoms with Crippen molar-refractivity contribution in [2.45, 2.75) is 0 Å². The van der Waals surface area contributed by atoms with Crippen molar-refractivity contribution in [3.8, 4) is 0 Å². The number of nitro groups is 1. The maximum absolute atomic E-state index is 10.4. The van der Waals surface area contributed by atoms with Crippen molar-refractivity contribution in [2.24, 2.45) is 5.73 Å². The average Bonchev–Trinajstić information content (AvgIpc) is 2.03. The fraction of sp³-hybridized carbons (Fsp3) is 0. The molecular weight excluding hydrogens is 194 g/mol. The van der Waals surface area contributed by atoms with Crippen molar-refractivity contribution in [3.63, 3.8) is 0 Å². The summed E-state index contributed by atoms with van der Waals surface area (Å²) in [5.41, 5.74) is 5.50. The van der Waals surface area contributed by atoms with Crippen LogP contribution in [0.3, 0.4) is 0 Å². The Morgan fingerprint density at radius 1 is 1.54 bits per heavy atom. The van der Waals surface area contributed by atoms with Crippen LogP contribution in [0.4, 0.5) is 5.69 Å². The van der Waals surface area contributed by atoms with Gasteiger partial charge in [0.2, 0.25) is 0 Å². The molecule has 0 saturated heterocycles. The molecule has 0 heterocycles. The van der Waals surface area contributed by atoms with Gasteiger partial charge in [-0.2, -0.15) is 0 Å².